The van der Waals surface area contributed by atoms with E-state index < -0.39 is 11.8 Å². The molecule has 1 atom stereocenters. The molecule has 0 bridgehead atoms. The van der Waals surface area contributed by atoms with Gasteiger partial charge >= 0.3 is 0 Å². The molecule has 0 saturated carbocycles. The van der Waals surface area contributed by atoms with Gasteiger partial charge in [-0.05, 0) is 31.2 Å². The molecule has 0 fully saturated rings. The molecule has 122 valence electrons. The Bertz CT molecular complexity index is 802. The fraction of sp³-hybridized carbons (Fsp3) is 0.167. The predicted molar refractivity (Wildman–Crippen MR) is 92.2 cm³/mol. The first-order valence-electron chi connectivity index (χ1n) is 7.49. The van der Waals surface area contributed by atoms with Crippen LogP contribution in [0.2, 0.25) is 0 Å². The predicted octanol–water partition coefficient (Wildman–Crippen LogP) is 2.67. The summed E-state index contributed by atoms with van der Waals surface area (Å²) < 4.78 is 5.13. The number of nitrogens with zero attached hydrogens (tertiary/aromatic N) is 2. The number of anilines is 2. The van der Waals surface area contributed by atoms with E-state index >= 15 is 0 Å². The summed E-state index contributed by atoms with van der Waals surface area (Å²) in [5.41, 5.74) is 1.67. The maximum atomic E-state index is 12.6. The normalized spacial score (nSPS) is 16.8. The van der Waals surface area contributed by atoms with E-state index in [2.05, 4.69) is 10.4 Å². The summed E-state index contributed by atoms with van der Waals surface area (Å²) in [5, 5.41) is 8.25. The topological polar surface area (TPSA) is 71.0 Å². The van der Waals surface area contributed by atoms with Crippen molar-refractivity contribution >= 4 is 28.9 Å². The number of para-hydroxylation sites is 1. The van der Waals surface area contributed by atoms with E-state index in [0.717, 1.165) is 0 Å². The zero-order valence-electron chi connectivity index (χ0n) is 13.4. The summed E-state index contributed by atoms with van der Waals surface area (Å²) >= 11 is 0. The lowest BCUT2D eigenvalue weighted by molar-refractivity contribution is -0.127. The van der Waals surface area contributed by atoms with Crippen molar-refractivity contribution < 1.29 is 14.3 Å². The quantitative estimate of drug-likeness (QED) is 0.879. The molecule has 6 nitrogen and oxygen atoms in total. The van der Waals surface area contributed by atoms with E-state index in [4.69, 9.17) is 4.74 Å². The molecule has 3 rings (SSSR count). The van der Waals surface area contributed by atoms with Gasteiger partial charge in [0, 0.05) is 11.8 Å². The summed E-state index contributed by atoms with van der Waals surface area (Å²) in [7, 11) is 1.55. The minimum atomic E-state index is -0.934. The monoisotopic (exact) mass is 323 g/mol. The molecule has 1 heterocycles. The third kappa shape index (κ3) is 2.99. The van der Waals surface area contributed by atoms with Gasteiger partial charge in [0.25, 0.3) is 5.91 Å². The Morgan fingerprint density at radius 2 is 1.92 bits per heavy atom. The first-order valence-corrected chi connectivity index (χ1v) is 7.49. The minimum absolute atomic E-state index is 0.362. The molecule has 0 spiro atoms. The third-order valence-electron chi connectivity index (χ3n) is 3.73. The molecule has 0 aromatic heterocycles. The van der Waals surface area contributed by atoms with Crippen molar-refractivity contribution in [3.8, 4) is 5.75 Å². The molecule has 1 N–H and O–H groups in total. The number of amides is 2. The van der Waals surface area contributed by atoms with E-state index in [-0.39, 0.29) is 5.91 Å². The summed E-state index contributed by atoms with van der Waals surface area (Å²) in [6.07, 6.45) is 0. The van der Waals surface area contributed by atoms with E-state index in [1.165, 1.54) is 5.01 Å². The Morgan fingerprint density at radius 3 is 2.62 bits per heavy atom. The Morgan fingerprint density at radius 1 is 1.17 bits per heavy atom. The molecule has 2 aromatic carbocycles. The highest BCUT2D eigenvalue weighted by molar-refractivity contribution is 6.28. The number of carbonyl (C=O) groups excluding carboxylic acids is 2. The standard InChI is InChI=1S/C18H17N3O3/c1-12-16(17(22)19-13-7-6-10-15(11-13)24-2)18(23)21(20-12)14-8-4-3-5-9-14/h3-11,16H,1-2H3,(H,19,22). The van der Waals surface area contributed by atoms with Crippen molar-refractivity contribution in [2.75, 3.05) is 17.4 Å². The zero-order chi connectivity index (χ0) is 17.1. The molecule has 0 saturated heterocycles. The van der Waals surface area contributed by atoms with Gasteiger partial charge in [-0.25, -0.2) is 0 Å². The van der Waals surface area contributed by atoms with Gasteiger partial charge in [0.15, 0.2) is 5.92 Å². The molecule has 1 unspecified atom stereocenters. The lowest BCUT2D eigenvalue weighted by Gasteiger charge is -2.14. The Labute approximate surface area is 139 Å². The van der Waals surface area contributed by atoms with Crippen LogP contribution in [0, 0.1) is 5.92 Å². The van der Waals surface area contributed by atoms with Crippen LogP contribution < -0.4 is 15.1 Å². The first-order chi connectivity index (χ1) is 11.6. The molecular weight excluding hydrogens is 306 g/mol. The van der Waals surface area contributed by atoms with E-state index in [1.54, 1.807) is 50.4 Å². The number of benzene rings is 2. The van der Waals surface area contributed by atoms with Crippen LogP contribution in [0.1, 0.15) is 6.92 Å². The van der Waals surface area contributed by atoms with Crippen LogP contribution in [0.5, 0.6) is 5.75 Å². The van der Waals surface area contributed by atoms with Gasteiger partial charge < -0.3 is 10.1 Å². The van der Waals surface area contributed by atoms with Gasteiger partial charge in [-0.2, -0.15) is 10.1 Å². The molecule has 0 radical (unpaired) electrons. The van der Waals surface area contributed by atoms with Crippen LogP contribution in [0.3, 0.4) is 0 Å². The van der Waals surface area contributed by atoms with Gasteiger partial charge in [0.2, 0.25) is 5.91 Å². The fourth-order valence-corrected chi connectivity index (χ4v) is 2.54. The Balaban J connectivity index is 1.78. The lowest BCUT2D eigenvalue weighted by Crippen LogP contribution is -2.36. The van der Waals surface area contributed by atoms with Crippen LogP contribution in [0.4, 0.5) is 11.4 Å². The molecule has 2 aromatic rings. The third-order valence-corrected chi connectivity index (χ3v) is 3.73. The van der Waals surface area contributed by atoms with Crippen LogP contribution in [-0.4, -0.2) is 24.6 Å². The number of hydrogen-bond donors (Lipinski definition) is 1. The van der Waals surface area contributed by atoms with Gasteiger partial charge in [-0.1, -0.05) is 24.3 Å². The Kier molecular flexibility index (Phi) is 4.29. The average molecular weight is 323 g/mol. The highest BCUT2D eigenvalue weighted by Gasteiger charge is 2.39. The largest absolute Gasteiger partial charge is 0.497 e. The maximum Gasteiger partial charge on any atom is 0.265 e. The fourth-order valence-electron chi connectivity index (χ4n) is 2.54. The SMILES string of the molecule is COc1cccc(NC(=O)C2C(=O)N(c3ccccc3)N=C2C)c1. The summed E-state index contributed by atoms with van der Waals surface area (Å²) in [5.74, 6) is -1.08. The Hall–Kier alpha value is -3.15. The number of hydrazone groups is 1. The number of nitrogens with one attached hydrogen (secondary N) is 1. The van der Waals surface area contributed by atoms with E-state index in [9.17, 15) is 9.59 Å². The van der Waals surface area contributed by atoms with Crippen molar-refractivity contribution in [3.05, 3.63) is 54.6 Å². The van der Waals surface area contributed by atoms with Crippen molar-refractivity contribution in [2.24, 2.45) is 11.0 Å². The van der Waals surface area contributed by atoms with Crippen molar-refractivity contribution in [1.82, 2.24) is 0 Å². The van der Waals surface area contributed by atoms with E-state index in [1.807, 2.05) is 18.2 Å². The second kappa shape index (κ2) is 6.54. The van der Waals surface area contributed by atoms with Gasteiger partial charge in [-0.15, -0.1) is 0 Å². The molecule has 0 aliphatic carbocycles. The number of carbonyl (C=O) groups is 2. The summed E-state index contributed by atoms with van der Waals surface area (Å²) in [6.45, 7) is 1.68. The second-order valence-corrected chi connectivity index (χ2v) is 5.38. The molecule has 6 heteroatoms. The average Bonchev–Trinajstić information content (AvgIpc) is 2.90. The van der Waals surface area contributed by atoms with Crippen LogP contribution in [-0.2, 0) is 9.59 Å². The van der Waals surface area contributed by atoms with Crippen molar-refractivity contribution in [3.63, 3.8) is 0 Å². The minimum Gasteiger partial charge on any atom is -0.497 e. The van der Waals surface area contributed by atoms with Gasteiger partial charge in [-0.3, -0.25) is 9.59 Å². The summed E-state index contributed by atoms with van der Waals surface area (Å²) in [6, 6.07) is 16.0. The molecule has 1 aliphatic heterocycles. The highest BCUT2D eigenvalue weighted by atomic mass is 16.5. The molecule has 2 amide bonds. The van der Waals surface area contributed by atoms with Crippen LogP contribution >= 0.6 is 0 Å². The van der Waals surface area contributed by atoms with Crippen LogP contribution in [0.15, 0.2) is 59.7 Å². The van der Waals surface area contributed by atoms with Crippen LogP contribution in [0.25, 0.3) is 0 Å². The van der Waals surface area contributed by atoms with Gasteiger partial charge in [0.05, 0.1) is 18.5 Å². The smallest absolute Gasteiger partial charge is 0.265 e. The van der Waals surface area contributed by atoms with E-state index in [0.29, 0.717) is 22.8 Å². The van der Waals surface area contributed by atoms with Gasteiger partial charge in [0.1, 0.15) is 5.75 Å². The second-order valence-electron chi connectivity index (χ2n) is 5.38. The number of hydrogen-bond acceptors (Lipinski definition) is 4. The highest BCUT2D eigenvalue weighted by Crippen LogP contribution is 2.25. The number of methoxy groups -OCH3 is 1. The first kappa shape index (κ1) is 15.7. The molecular formula is C18H17N3O3. The molecule has 24 heavy (non-hydrogen) atoms. The number of ether oxygens (including phenoxy) is 1. The number of rotatable bonds is 4. The van der Waals surface area contributed by atoms with Crippen molar-refractivity contribution in [2.45, 2.75) is 6.92 Å². The summed E-state index contributed by atoms with van der Waals surface area (Å²) in [4.78, 5) is 25.1. The molecule has 1 aliphatic rings. The zero-order valence-corrected chi connectivity index (χ0v) is 13.4. The van der Waals surface area contributed by atoms with Crippen molar-refractivity contribution in [1.29, 1.82) is 0 Å². The lowest BCUT2D eigenvalue weighted by atomic mass is 10.0. The maximum absolute atomic E-state index is 12.6.